The highest BCUT2D eigenvalue weighted by Gasteiger charge is 2.49. The van der Waals surface area contributed by atoms with Crippen molar-refractivity contribution in [3.05, 3.63) is 72.3 Å². The predicted molar refractivity (Wildman–Crippen MR) is 114 cm³/mol. The Balaban J connectivity index is 1.87. The maximum Gasteiger partial charge on any atom is 0.305 e. The molecule has 0 aromatic heterocycles. The largest absolute Gasteiger partial charge is 0.497 e. The van der Waals surface area contributed by atoms with Crippen LogP contribution in [0.5, 0.6) is 11.5 Å². The number of aliphatic carboxylic acids is 1. The van der Waals surface area contributed by atoms with E-state index in [4.69, 9.17) is 9.47 Å². The van der Waals surface area contributed by atoms with Gasteiger partial charge < -0.3 is 19.5 Å². The summed E-state index contributed by atoms with van der Waals surface area (Å²) < 4.78 is 10.5. The zero-order chi connectivity index (χ0) is 21.7. The van der Waals surface area contributed by atoms with Gasteiger partial charge in [0.15, 0.2) is 0 Å². The van der Waals surface area contributed by atoms with Crippen LogP contribution in [0, 0.1) is 5.92 Å². The van der Waals surface area contributed by atoms with Gasteiger partial charge in [-0.05, 0) is 48.2 Å². The fourth-order valence-electron chi connectivity index (χ4n) is 4.04. The number of likely N-dealkylation sites (tertiary alicyclic amines) is 1. The van der Waals surface area contributed by atoms with Crippen molar-refractivity contribution >= 4 is 11.9 Å². The van der Waals surface area contributed by atoms with E-state index in [2.05, 4.69) is 6.58 Å². The van der Waals surface area contributed by atoms with Gasteiger partial charge in [0.1, 0.15) is 11.5 Å². The molecule has 1 saturated heterocycles. The molecule has 3 rings (SSSR count). The average molecular weight is 409 g/mol. The molecule has 30 heavy (non-hydrogen) atoms. The summed E-state index contributed by atoms with van der Waals surface area (Å²) in [6.07, 6.45) is 2.69. The Kier molecular flexibility index (Phi) is 6.77. The number of hydrogen-bond acceptors (Lipinski definition) is 4. The van der Waals surface area contributed by atoms with E-state index in [1.807, 2.05) is 48.5 Å². The second-order valence-corrected chi connectivity index (χ2v) is 7.43. The van der Waals surface area contributed by atoms with Crippen LogP contribution in [-0.4, -0.2) is 48.2 Å². The lowest BCUT2D eigenvalue weighted by atomic mass is 9.81. The highest BCUT2D eigenvalue weighted by Crippen LogP contribution is 2.35. The van der Waals surface area contributed by atoms with Crippen LogP contribution in [-0.2, 0) is 22.4 Å². The van der Waals surface area contributed by atoms with Crippen molar-refractivity contribution in [1.29, 1.82) is 0 Å². The minimum absolute atomic E-state index is 0.0664. The van der Waals surface area contributed by atoms with Gasteiger partial charge >= 0.3 is 5.97 Å². The first-order valence-corrected chi connectivity index (χ1v) is 9.89. The van der Waals surface area contributed by atoms with Crippen molar-refractivity contribution in [1.82, 2.24) is 4.90 Å². The molecule has 2 aromatic rings. The number of carboxylic acids is 1. The van der Waals surface area contributed by atoms with Crippen LogP contribution in [0.1, 0.15) is 17.5 Å². The lowest BCUT2D eigenvalue weighted by Crippen LogP contribution is -2.65. The van der Waals surface area contributed by atoms with E-state index < -0.39 is 11.9 Å². The number of methoxy groups -OCH3 is 2. The number of benzene rings is 2. The van der Waals surface area contributed by atoms with E-state index in [1.54, 1.807) is 25.2 Å². The number of carbonyl (C=O) groups excluding carboxylic acids is 1. The van der Waals surface area contributed by atoms with E-state index in [0.717, 1.165) is 22.6 Å². The molecule has 1 fully saturated rings. The van der Waals surface area contributed by atoms with Crippen LogP contribution in [0.25, 0.3) is 0 Å². The van der Waals surface area contributed by atoms with Gasteiger partial charge in [0.05, 0.1) is 32.6 Å². The molecule has 1 amide bonds. The summed E-state index contributed by atoms with van der Waals surface area (Å²) in [5, 5.41) is 9.34. The van der Waals surface area contributed by atoms with Crippen molar-refractivity contribution < 1.29 is 24.2 Å². The molecule has 1 aliphatic rings. The number of rotatable bonds is 10. The topological polar surface area (TPSA) is 76.1 Å². The molecule has 2 atom stereocenters. The van der Waals surface area contributed by atoms with Crippen molar-refractivity contribution in [3.63, 3.8) is 0 Å². The first-order chi connectivity index (χ1) is 14.5. The van der Waals surface area contributed by atoms with Gasteiger partial charge in [0.2, 0.25) is 5.91 Å². The average Bonchev–Trinajstić information content (AvgIpc) is 2.74. The Morgan fingerprint density at radius 1 is 1.03 bits per heavy atom. The maximum atomic E-state index is 12.8. The number of carbonyl (C=O) groups is 2. The molecule has 1 heterocycles. The molecule has 6 heteroatoms. The van der Waals surface area contributed by atoms with E-state index in [0.29, 0.717) is 12.8 Å². The van der Waals surface area contributed by atoms with Crippen molar-refractivity contribution in [2.75, 3.05) is 14.2 Å². The number of ether oxygens (including phenoxy) is 2. The molecule has 0 spiro atoms. The number of nitrogens with zero attached hydrogens (tertiary/aromatic N) is 1. The SMILES string of the molecule is C=CC1C(=O)N(C(Cc2ccc(OC)cc2)Cc2ccc(OC)cc2)C1CC(=O)O. The van der Waals surface area contributed by atoms with Crippen LogP contribution >= 0.6 is 0 Å². The molecule has 2 aromatic carbocycles. The molecule has 2 unspecified atom stereocenters. The predicted octanol–water partition coefficient (Wildman–Crippen LogP) is 3.35. The molecule has 0 bridgehead atoms. The summed E-state index contributed by atoms with van der Waals surface area (Å²) >= 11 is 0. The summed E-state index contributed by atoms with van der Waals surface area (Å²) in [6, 6.07) is 14.9. The highest BCUT2D eigenvalue weighted by molar-refractivity contribution is 5.89. The summed E-state index contributed by atoms with van der Waals surface area (Å²) in [5.74, 6) is 0.0949. The van der Waals surface area contributed by atoms with Gasteiger partial charge in [-0.2, -0.15) is 0 Å². The molecule has 0 aliphatic carbocycles. The van der Waals surface area contributed by atoms with Crippen LogP contribution < -0.4 is 9.47 Å². The highest BCUT2D eigenvalue weighted by atomic mass is 16.5. The lowest BCUT2D eigenvalue weighted by molar-refractivity contribution is -0.160. The molecular weight excluding hydrogens is 382 g/mol. The third-order valence-corrected chi connectivity index (χ3v) is 5.60. The molecule has 1 aliphatic heterocycles. The molecule has 158 valence electrons. The first-order valence-electron chi connectivity index (χ1n) is 9.89. The minimum Gasteiger partial charge on any atom is -0.497 e. The minimum atomic E-state index is -0.919. The third-order valence-electron chi connectivity index (χ3n) is 5.60. The standard InChI is InChI=1S/C24H27NO5/c1-4-21-22(15-23(26)27)25(24(21)28)18(13-16-5-9-19(29-2)10-6-16)14-17-7-11-20(30-3)12-8-17/h4-12,18,21-22H,1,13-15H2,2-3H3,(H,26,27). The van der Waals surface area contributed by atoms with Gasteiger partial charge in [-0.1, -0.05) is 30.3 Å². The van der Waals surface area contributed by atoms with Crippen molar-refractivity contribution in [2.45, 2.75) is 31.3 Å². The van der Waals surface area contributed by atoms with E-state index >= 15 is 0 Å². The second-order valence-electron chi connectivity index (χ2n) is 7.43. The quantitative estimate of drug-likeness (QED) is 0.481. The van der Waals surface area contributed by atoms with Crippen molar-refractivity contribution in [3.8, 4) is 11.5 Å². The summed E-state index contributed by atoms with van der Waals surface area (Å²) in [7, 11) is 3.23. The summed E-state index contributed by atoms with van der Waals surface area (Å²) in [5.41, 5.74) is 2.11. The van der Waals surface area contributed by atoms with Crippen molar-refractivity contribution in [2.24, 2.45) is 5.92 Å². The van der Waals surface area contributed by atoms with Gasteiger partial charge in [-0.25, -0.2) is 0 Å². The smallest absolute Gasteiger partial charge is 0.305 e. The van der Waals surface area contributed by atoms with E-state index in [-0.39, 0.29) is 24.4 Å². The summed E-state index contributed by atoms with van der Waals surface area (Å²) in [6.45, 7) is 3.72. The molecular formula is C24H27NO5. The lowest BCUT2D eigenvalue weighted by Gasteiger charge is -2.50. The Morgan fingerprint density at radius 3 is 1.87 bits per heavy atom. The van der Waals surface area contributed by atoms with Crippen LogP contribution in [0.15, 0.2) is 61.2 Å². The Bertz CT molecular complexity index is 841. The van der Waals surface area contributed by atoms with Crippen LogP contribution in [0.3, 0.4) is 0 Å². The van der Waals surface area contributed by atoms with Gasteiger partial charge in [-0.15, -0.1) is 6.58 Å². The zero-order valence-electron chi connectivity index (χ0n) is 17.3. The third kappa shape index (κ3) is 4.64. The Labute approximate surface area is 176 Å². The fourth-order valence-corrected chi connectivity index (χ4v) is 4.04. The van der Waals surface area contributed by atoms with E-state index in [1.165, 1.54) is 0 Å². The molecule has 0 radical (unpaired) electrons. The zero-order valence-corrected chi connectivity index (χ0v) is 17.3. The second kappa shape index (κ2) is 9.48. The molecule has 6 nitrogen and oxygen atoms in total. The normalized spacial score (nSPS) is 18.1. The maximum absolute atomic E-state index is 12.8. The monoisotopic (exact) mass is 409 g/mol. The molecule has 0 saturated carbocycles. The van der Waals surface area contributed by atoms with Gasteiger partial charge in [-0.3, -0.25) is 9.59 Å². The Morgan fingerprint density at radius 2 is 1.50 bits per heavy atom. The van der Waals surface area contributed by atoms with E-state index in [9.17, 15) is 14.7 Å². The van der Waals surface area contributed by atoms with Crippen LogP contribution in [0.4, 0.5) is 0 Å². The Hall–Kier alpha value is -3.28. The van der Waals surface area contributed by atoms with Crippen LogP contribution in [0.2, 0.25) is 0 Å². The molecule has 1 N–H and O–H groups in total. The fraction of sp³-hybridized carbons (Fsp3) is 0.333. The number of hydrogen-bond donors (Lipinski definition) is 1. The van der Waals surface area contributed by atoms with Gasteiger partial charge in [0, 0.05) is 6.04 Å². The number of amides is 1. The summed E-state index contributed by atoms with van der Waals surface area (Å²) in [4.78, 5) is 26.0. The number of carboxylic acid groups (broad SMARTS) is 1. The number of β-lactam (4-membered cyclic amide) rings is 1. The van der Waals surface area contributed by atoms with Gasteiger partial charge in [0.25, 0.3) is 0 Å². The first kappa shape index (κ1) is 21.4.